The number of pyridine rings is 1. The normalized spacial score (nSPS) is 12.4. The number of H-pyrrole nitrogens is 1. The number of nitrogens with zero attached hydrogens (tertiary/aromatic N) is 3. The molecule has 3 rings (SSSR count). The Morgan fingerprint density at radius 2 is 2.40 bits per heavy atom. The van der Waals surface area contributed by atoms with E-state index in [9.17, 15) is 4.79 Å². The first-order valence-electron chi connectivity index (χ1n) is 6.43. The van der Waals surface area contributed by atoms with E-state index in [-0.39, 0.29) is 18.4 Å². The summed E-state index contributed by atoms with van der Waals surface area (Å²) in [7, 11) is 0. The summed E-state index contributed by atoms with van der Waals surface area (Å²) in [6, 6.07) is 5.70. The second-order valence-corrected chi connectivity index (χ2v) is 4.70. The van der Waals surface area contributed by atoms with Gasteiger partial charge in [-0.05, 0) is 19.1 Å². The van der Waals surface area contributed by atoms with Crippen molar-refractivity contribution in [3.63, 3.8) is 0 Å². The molecular weight excluding hydrogens is 254 g/mol. The Morgan fingerprint density at radius 3 is 3.15 bits per heavy atom. The number of fused-ring (bicyclic) bond motifs is 1. The highest BCUT2D eigenvalue weighted by Gasteiger charge is 2.12. The molecule has 6 heteroatoms. The average molecular weight is 269 g/mol. The van der Waals surface area contributed by atoms with Crippen LogP contribution >= 0.6 is 0 Å². The topological polar surface area (TPSA) is 75.1 Å². The second-order valence-electron chi connectivity index (χ2n) is 4.70. The van der Waals surface area contributed by atoms with Crippen LogP contribution in [0.3, 0.4) is 0 Å². The van der Waals surface area contributed by atoms with Crippen molar-refractivity contribution in [3.8, 4) is 0 Å². The zero-order chi connectivity index (χ0) is 13.9. The average Bonchev–Trinajstić information content (AvgIpc) is 3.07. The van der Waals surface area contributed by atoms with Crippen molar-refractivity contribution in [3.05, 3.63) is 54.2 Å². The smallest absolute Gasteiger partial charge is 0.226 e. The minimum Gasteiger partial charge on any atom is -0.349 e. The first kappa shape index (κ1) is 12.4. The molecule has 102 valence electrons. The van der Waals surface area contributed by atoms with Gasteiger partial charge in [0.2, 0.25) is 5.91 Å². The van der Waals surface area contributed by atoms with Crippen LogP contribution in [0.5, 0.6) is 0 Å². The van der Waals surface area contributed by atoms with E-state index in [0.29, 0.717) is 0 Å². The summed E-state index contributed by atoms with van der Waals surface area (Å²) in [6.07, 6.45) is 7.53. The van der Waals surface area contributed by atoms with Crippen LogP contribution in [-0.2, 0) is 11.2 Å². The van der Waals surface area contributed by atoms with Gasteiger partial charge in [0.05, 0.1) is 24.4 Å². The Morgan fingerprint density at radius 1 is 1.50 bits per heavy atom. The van der Waals surface area contributed by atoms with Crippen LogP contribution in [-0.4, -0.2) is 25.5 Å². The molecule has 1 unspecified atom stereocenters. The predicted octanol–water partition coefficient (Wildman–Crippen LogP) is 1.48. The van der Waals surface area contributed by atoms with Gasteiger partial charge >= 0.3 is 0 Å². The van der Waals surface area contributed by atoms with E-state index < -0.39 is 0 Å². The highest BCUT2D eigenvalue weighted by Crippen LogP contribution is 2.10. The van der Waals surface area contributed by atoms with Gasteiger partial charge in [-0.1, -0.05) is 6.07 Å². The quantitative estimate of drug-likeness (QED) is 0.753. The highest BCUT2D eigenvalue weighted by atomic mass is 16.1. The van der Waals surface area contributed by atoms with Gasteiger partial charge in [0.25, 0.3) is 0 Å². The number of amides is 1. The SMILES string of the molecule is CC(NC(=O)Cc1cn2ccccc2n1)c1cn[nH]c1. The van der Waals surface area contributed by atoms with E-state index in [2.05, 4.69) is 20.5 Å². The molecule has 3 aromatic rings. The number of hydrogen-bond donors (Lipinski definition) is 2. The summed E-state index contributed by atoms with van der Waals surface area (Å²) in [5, 5.41) is 9.53. The van der Waals surface area contributed by atoms with Gasteiger partial charge in [0.15, 0.2) is 0 Å². The van der Waals surface area contributed by atoms with Crippen molar-refractivity contribution in [1.29, 1.82) is 0 Å². The van der Waals surface area contributed by atoms with Crippen molar-refractivity contribution in [2.45, 2.75) is 19.4 Å². The molecule has 0 aliphatic rings. The standard InChI is InChI=1S/C14H15N5O/c1-10(11-7-15-16-8-11)17-14(20)6-12-9-19-5-3-2-4-13(19)18-12/h2-5,7-10H,6H2,1H3,(H,15,16)(H,17,20). The first-order chi connectivity index (χ1) is 9.72. The van der Waals surface area contributed by atoms with Crippen LogP contribution in [0.4, 0.5) is 0 Å². The number of carbonyl (C=O) groups is 1. The number of hydrogen-bond acceptors (Lipinski definition) is 3. The summed E-state index contributed by atoms with van der Waals surface area (Å²) in [4.78, 5) is 16.4. The van der Waals surface area contributed by atoms with Crippen molar-refractivity contribution in [1.82, 2.24) is 24.9 Å². The summed E-state index contributed by atoms with van der Waals surface area (Å²) in [5.74, 6) is -0.0536. The van der Waals surface area contributed by atoms with Crippen LogP contribution in [0.1, 0.15) is 24.2 Å². The van der Waals surface area contributed by atoms with Crippen LogP contribution in [0, 0.1) is 0 Å². The molecular formula is C14H15N5O. The van der Waals surface area contributed by atoms with E-state index >= 15 is 0 Å². The van der Waals surface area contributed by atoms with Crippen molar-refractivity contribution in [2.24, 2.45) is 0 Å². The zero-order valence-corrected chi connectivity index (χ0v) is 11.1. The third-order valence-electron chi connectivity index (χ3n) is 3.15. The number of aromatic amines is 1. The molecule has 6 nitrogen and oxygen atoms in total. The van der Waals surface area contributed by atoms with E-state index in [1.807, 2.05) is 41.9 Å². The third-order valence-corrected chi connectivity index (χ3v) is 3.15. The molecule has 0 bridgehead atoms. The van der Waals surface area contributed by atoms with E-state index in [1.165, 1.54) is 0 Å². The fraction of sp³-hybridized carbons (Fsp3) is 0.214. The third kappa shape index (κ3) is 2.54. The molecule has 3 aromatic heterocycles. The van der Waals surface area contributed by atoms with Crippen LogP contribution < -0.4 is 5.32 Å². The monoisotopic (exact) mass is 269 g/mol. The maximum Gasteiger partial charge on any atom is 0.226 e. The number of carbonyl (C=O) groups excluding carboxylic acids is 1. The van der Waals surface area contributed by atoms with Gasteiger partial charge in [-0.15, -0.1) is 0 Å². The molecule has 1 atom stereocenters. The summed E-state index contributed by atoms with van der Waals surface area (Å²) < 4.78 is 1.90. The van der Waals surface area contributed by atoms with Gasteiger partial charge in [0.1, 0.15) is 5.65 Å². The molecule has 0 spiro atoms. The molecule has 20 heavy (non-hydrogen) atoms. The predicted molar refractivity (Wildman–Crippen MR) is 74.0 cm³/mol. The molecule has 1 amide bonds. The number of aromatic nitrogens is 4. The Hall–Kier alpha value is -2.63. The zero-order valence-electron chi connectivity index (χ0n) is 11.1. The number of rotatable bonds is 4. The van der Waals surface area contributed by atoms with Crippen molar-refractivity contribution < 1.29 is 4.79 Å². The van der Waals surface area contributed by atoms with Gasteiger partial charge in [-0.3, -0.25) is 9.89 Å². The maximum absolute atomic E-state index is 12.0. The molecule has 3 heterocycles. The number of imidazole rings is 1. The van der Waals surface area contributed by atoms with Crippen LogP contribution in [0.25, 0.3) is 5.65 Å². The molecule has 2 N–H and O–H groups in total. The van der Waals surface area contributed by atoms with E-state index in [4.69, 9.17) is 0 Å². The van der Waals surface area contributed by atoms with Crippen molar-refractivity contribution >= 4 is 11.6 Å². The van der Waals surface area contributed by atoms with E-state index in [0.717, 1.165) is 16.9 Å². The molecule has 0 aromatic carbocycles. The van der Waals surface area contributed by atoms with E-state index in [1.54, 1.807) is 12.4 Å². The lowest BCUT2D eigenvalue weighted by Gasteiger charge is -2.11. The number of nitrogens with one attached hydrogen (secondary N) is 2. The Kier molecular flexibility index (Phi) is 3.20. The second kappa shape index (κ2) is 5.16. The largest absolute Gasteiger partial charge is 0.349 e. The molecule has 0 saturated heterocycles. The fourth-order valence-electron chi connectivity index (χ4n) is 2.11. The Labute approximate surface area is 115 Å². The van der Waals surface area contributed by atoms with Gasteiger partial charge < -0.3 is 9.72 Å². The minimum absolute atomic E-state index is 0.0536. The lowest BCUT2D eigenvalue weighted by atomic mass is 10.2. The van der Waals surface area contributed by atoms with Crippen LogP contribution in [0.2, 0.25) is 0 Å². The minimum atomic E-state index is -0.0710. The fourth-order valence-corrected chi connectivity index (χ4v) is 2.11. The molecule has 0 aliphatic carbocycles. The van der Waals surface area contributed by atoms with Crippen molar-refractivity contribution in [2.75, 3.05) is 0 Å². The Bertz CT molecular complexity index is 683. The Balaban J connectivity index is 1.66. The van der Waals surface area contributed by atoms with Gasteiger partial charge in [0, 0.05) is 24.2 Å². The summed E-state index contributed by atoms with van der Waals surface area (Å²) >= 11 is 0. The molecule has 0 saturated carbocycles. The summed E-state index contributed by atoms with van der Waals surface area (Å²) in [6.45, 7) is 1.92. The summed E-state index contributed by atoms with van der Waals surface area (Å²) in [5.41, 5.74) is 2.56. The molecule has 0 fully saturated rings. The lowest BCUT2D eigenvalue weighted by Crippen LogP contribution is -2.28. The molecule has 0 aliphatic heterocycles. The highest BCUT2D eigenvalue weighted by molar-refractivity contribution is 5.78. The van der Waals surface area contributed by atoms with Gasteiger partial charge in [-0.25, -0.2) is 4.98 Å². The maximum atomic E-state index is 12.0. The van der Waals surface area contributed by atoms with Gasteiger partial charge in [-0.2, -0.15) is 5.10 Å². The van der Waals surface area contributed by atoms with Crippen LogP contribution in [0.15, 0.2) is 43.0 Å². The first-order valence-corrected chi connectivity index (χ1v) is 6.43. The lowest BCUT2D eigenvalue weighted by molar-refractivity contribution is -0.121. The molecule has 0 radical (unpaired) electrons.